The van der Waals surface area contributed by atoms with Gasteiger partial charge in [-0.05, 0) is 49.2 Å². The number of nitrogens with one attached hydrogen (secondary N) is 1. The van der Waals surface area contributed by atoms with E-state index in [0.717, 1.165) is 53.6 Å². The molecule has 1 aromatic heterocycles. The molecule has 1 saturated heterocycles. The molecule has 1 fully saturated rings. The van der Waals surface area contributed by atoms with Crippen LogP contribution < -0.4 is 20.1 Å². The average Bonchev–Trinajstić information content (AvgIpc) is 2.88. The summed E-state index contributed by atoms with van der Waals surface area (Å²) in [6.07, 6.45) is 2.69. The van der Waals surface area contributed by atoms with E-state index >= 15 is 0 Å². The summed E-state index contributed by atoms with van der Waals surface area (Å²) in [6.45, 7) is 6.92. The van der Waals surface area contributed by atoms with Crippen molar-refractivity contribution in [2.45, 2.75) is 20.3 Å². The highest BCUT2D eigenvalue weighted by atomic mass is 16.5. The number of rotatable bonds is 6. The molecule has 3 aromatic rings. The summed E-state index contributed by atoms with van der Waals surface area (Å²) in [6, 6.07) is 19.9. The molecular weight excluding hydrogens is 414 g/mol. The molecule has 2 aromatic carbocycles. The summed E-state index contributed by atoms with van der Waals surface area (Å²) in [5.74, 6) is 0.837. The molecule has 0 aliphatic carbocycles. The van der Waals surface area contributed by atoms with Crippen LogP contribution in [-0.4, -0.2) is 49.2 Å². The zero-order chi connectivity index (χ0) is 23.2. The summed E-state index contributed by atoms with van der Waals surface area (Å²) in [4.78, 5) is 21.9. The summed E-state index contributed by atoms with van der Waals surface area (Å²) < 4.78 is 5.34. The minimum Gasteiger partial charge on any atom is -0.497 e. The van der Waals surface area contributed by atoms with Crippen molar-refractivity contribution in [3.05, 3.63) is 78.1 Å². The number of ether oxygens (including phenoxy) is 1. The second-order valence-electron chi connectivity index (χ2n) is 8.06. The molecule has 1 aliphatic rings. The summed E-state index contributed by atoms with van der Waals surface area (Å²) in [7, 11) is 1.67. The fourth-order valence-electron chi connectivity index (χ4n) is 4.04. The van der Waals surface area contributed by atoms with Gasteiger partial charge < -0.3 is 14.5 Å². The molecule has 0 spiro atoms. The molecule has 1 aliphatic heterocycles. The van der Waals surface area contributed by atoms with Gasteiger partial charge in [0.2, 0.25) is 0 Å². The van der Waals surface area contributed by atoms with Crippen LogP contribution in [0.5, 0.6) is 5.75 Å². The fourth-order valence-corrected chi connectivity index (χ4v) is 4.04. The van der Waals surface area contributed by atoms with Crippen molar-refractivity contribution in [2.24, 2.45) is 0 Å². The van der Waals surface area contributed by atoms with Crippen LogP contribution in [0.15, 0.2) is 66.9 Å². The molecule has 0 radical (unpaired) electrons. The first kappa shape index (κ1) is 22.5. The zero-order valence-electron chi connectivity index (χ0n) is 19.5. The summed E-state index contributed by atoms with van der Waals surface area (Å²) in [5, 5.41) is 1.82. The number of piperazine rings is 1. The number of aryl methyl sites for hydroxylation is 2. The van der Waals surface area contributed by atoms with Crippen molar-refractivity contribution in [1.82, 2.24) is 15.3 Å². The van der Waals surface area contributed by atoms with Crippen molar-refractivity contribution < 1.29 is 9.53 Å². The van der Waals surface area contributed by atoms with Gasteiger partial charge in [0.25, 0.3) is 0 Å². The SMILES string of the molecule is CCc1cc(N(NC(=O)N2CCN(c3cccc(OC)c3)CC2)c2ccccc2)cnc1C. The van der Waals surface area contributed by atoms with Crippen molar-refractivity contribution in [3.63, 3.8) is 0 Å². The largest absolute Gasteiger partial charge is 0.497 e. The molecule has 0 bridgehead atoms. The van der Waals surface area contributed by atoms with Gasteiger partial charge in [-0.25, -0.2) is 10.2 Å². The van der Waals surface area contributed by atoms with Gasteiger partial charge in [-0.3, -0.25) is 9.99 Å². The first-order chi connectivity index (χ1) is 16.1. The van der Waals surface area contributed by atoms with Gasteiger partial charge in [0.1, 0.15) is 5.75 Å². The molecule has 2 heterocycles. The maximum atomic E-state index is 13.2. The third-order valence-electron chi connectivity index (χ3n) is 6.02. The van der Waals surface area contributed by atoms with Crippen LogP contribution in [0.2, 0.25) is 0 Å². The molecule has 33 heavy (non-hydrogen) atoms. The van der Waals surface area contributed by atoms with Gasteiger partial charge in [-0.1, -0.05) is 31.2 Å². The lowest BCUT2D eigenvalue weighted by Crippen LogP contribution is -2.54. The lowest BCUT2D eigenvalue weighted by atomic mass is 10.1. The Morgan fingerprint density at radius 1 is 1.03 bits per heavy atom. The number of carbonyl (C=O) groups excluding carboxylic acids is 1. The van der Waals surface area contributed by atoms with E-state index in [1.165, 1.54) is 0 Å². The molecule has 0 unspecified atom stereocenters. The van der Waals surface area contributed by atoms with E-state index in [9.17, 15) is 4.79 Å². The Hall–Kier alpha value is -3.74. The first-order valence-corrected chi connectivity index (χ1v) is 11.3. The van der Waals surface area contributed by atoms with E-state index in [1.807, 2.05) is 71.6 Å². The maximum Gasteiger partial charge on any atom is 0.336 e. The summed E-state index contributed by atoms with van der Waals surface area (Å²) in [5.41, 5.74) is 8.11. The van der Waals surface area contributed by atoms with Crippen molar-refractivity contribution in [1.29, 1.82) is 0 Å². The third kappa shape index (κ3) is 5.19. The third-order valence-corrected chi connectivity index (χ3v) is 6.02. The van der Waals surface area contributed by atoms with Crippen molar-refractivity contribution in [3.8, 4) is 5.75 Å². The predicted octanol–water partition coefficient (Wildman–Crippen LogP) is 4.55. The average molecular weight is 446 g/mol. The standard InChI is InChI=1S/C26H31N5O2/c1-4-21-17-24(19-27-20(21)2)31(22-9-6-5-7-10-22)28-26(32)30-15-13-29(14-16-30)23-11-8-12-25(18-23)33-3/h5-12,17-19H,4,13-16H2,1-3H3,(H,28,32). The Kier molecular flexibility index (Phi) is 6.98. The van der Waals surface area contributed by atoms with Gasteiger partial charge in [0.15, 0.2) is 0 Å². The molecule has 0 atom stereocenters. The number of methoxy groups -OCH3 is 1. The smallest absolute Gasteiger partial charge is 0.336 e. The van der Waals surface area contributed by atoms with Crippen LogP contribution in [0.4, 0.5) is 21.9 Å². The number of amides is 2. The molecule has 7 heteroatoms. The number of pyridine rings is 1. The maximum absolute atomic E-state index is 13.2. The quantitative estimate of drug-likeness (QED) is 0.564. The number of para-hydroxylation sites is 1. The Labute approximate surface area is 195 Å². The lowest BCUT2D eigenvalue weighted by Gasteiger charge is -2.37. The number of benzene rings is 2. The second-order valence-corrected chi connectivity index (χ2v) is 8.06. The normalized spacial score (nSPS) is 13.5. The first-order valence-electron chi connectivity index (χ1n) is 11.3. The zero-order valence-corrected chi connectivity index (χ0v) is 19.5. The Morgan fingerprint density at radius 2 is 1.79 bits per heavy atom. The summed E-state index contributed by atoms with van der Waals surface area (Å²) >= 11 is 0. The van der Waals surface area contributed by atoms with Gasteiger partial charge in [-0.2, -0.15) is 0 Å². The molecule has 0 saturated carbocycles. The lowest BCUT2D eigenvalue weighted by molar-refractivity contribution is 0.194. The van der Waals surface area contributed by atoms with Crippen LogP contribution >= 0.6 is 0 Å². The van der Waals surface area contributed by atoms with E-state index < -0.39 is 0 Å². The van der Waals surface area contributed by atoms with Gasteiger partial charge in [-0.15, -0.1) is 0 Å². The highest BCUT2D eigenvalue weighted by Crippen LogP contribution is 2.25. The molecule has 7 nitrogen and oxygen atoms in total. The van der Waals surface area contributed by atoms with E-state index in [1.54, 1.807) is 7.11 Å². The van der Waals surface area contributed by atoms with E-state index in [-0.39, 0.29) is 6.03 Å². The molecule has 4 rings (SSSR count). The Morgan fingerprint density at radius 3 is 2.48 bits per heavy atom. The number of urea groups is 1. The number of hydrogen-bond donors (Lipinski definition) is 1. The second kappa shape index (κ2) is 10.3. The van der Waals surface area contributed by atoms with Crippen LogP contribution in [0, 0.1) is 6.92 Å². The minimum absolute atomic E-state index is 0.122. The number of carbonyl (C=O) groups is 1. The molecular formula is C26H31N5O2. The highest BCUT2D eigenvalue weighted by molar-refractivity contribution is 5.79. The highest BCUT2D eigenvalue weighted by Gasteiger charge is 2.24. The minimum atomic E-state index is -0.122. The Balaban J connectivity index is 1.47. The molecule has 1 N–H and O–H groups in total. The van der Waals surface area contributed by atoms with Crippen LogP contribution in [0.3, 0.4) is 0 Å². The van der Waals surface area contributed by atoms with Gasteiger partial charge >= 0.3 is 6.03 Å². The number of hydrogen-bond acceptors (Lipinski definition) is 5. The van der Waals surface area contributed by atoms with E-state index in [2.05, 4.69) is 34.4 Å². The van der Waals surface area contributed by atoms with Crippen LogP contribution in [-0.2, 0) is 6.42 Å². The number of aromatic nitrogens is 1. The molecule has 172 valence electrons. The van der Waals surface area contributed by atoms with Crippen molar-refractivity contribution in [2.75, 3.05) is 43.2 Å². The van der Waals surface area contributed by atoms with Gasteiger partial charge in [0, 0.05) is 43.6 Å². The fraction of sp³-hybridized carbons (Fsp3) is 0.308. The van der Waals surface area contributed by atoms with Crippen LogP contribution in [0.1, 0.15) is 18.2 Å². The number of hydrazine groups is 1. The number of anilines is 3. The van der Waals surface area contributed by atoms with E-state index in [4.69, 9.17) is 4.74 Å². The number of nitrogens with zero attached hydrogens (tertiary/aromatic N) is 4. The van der Waals surface area contributed by atoms with E-state index in [0.29, 0.717) is 13.1 Å². The predicted molar refractivity (Wildman–Crippen MR) is 132 cm³/mol. The van der Waals surface area contributed by atoms with Crippen molar-refractivity contribution >= 4 is 23.1 Å². The molecule has 2 amide bonds. The van der Waals surface area contributed by atoms with Gasteiger partial charge in [0.05, 0.1) is 24.7 Å². The monoisotopic (exact) mass is 445 g/mol. The van der Waals surface area contributed by atoms with Crippen LogP contribution in [0.25, 0.3) is 0 Å². The topological polar surface area (TPSA) is 60.9 Å². The Bertz CT molecular complexity index is 1080.